The summed E-state index contributed by atoms with van der Waals surface area (Å²) in [6, 6.07) is 2.87. The summed E-state index contributed by atoms with van der Waals surface area (Å²) in [6.07, 6.45) is 0. The lowest BCUT2D eigenvalue weighted by Crippen LogP contribution is -2.03. The Kier molecular flexibility index (Phi) is 4.01. The normalized spacial score (nSPS) is 10.7. The Balaban J connectivity index is 2.15. The van der Waals surface area contributed by atoms with E-state index in [1.165, 1.54) is 0 Å². The van der Waals surface area contributed by atoms with Crippen molar-refractivity contribution >= 4 is 37.5 Å². The Labute approximate surface area is 117 Å². The first-order chi connectivity index (χ1) is 8.47. The number of rotatable bonds is 3. The summed E-state index contributed by atoms with van der Waals surface area (Å²) in [4.78, 5) is 0. The van der Waals surface area contributed by atoms with Crippen molar-refractivity contribution in [2.75, 3.05) is 5.32 Å². The first-order valence-corrected chi connectivity index (χ1v) is 6.38. The Morgan fingerprint density at radius 3 is 2.17 bits per heavy atom. The second-order valence-corrected chi connectivity index (χ2v) is 5.01. The van der Waals surface area contributed by atoms with Crippen LogP contribution in [0.15, 0.2) is 31.8 Å². The molecule has 0 spiro atoms. The molecule has 1 heterocycles. The molecule has 1 aromatic heterocycles. The van der Waals surface area contributed by atoms with Crippen LogP contribution in [0.4, 0.5) is 18.9 Å². The Bertz CT molecular complexity index is 543. The first-order valence-electron chi connectivity index (χ1n) is 4.79. The summed E-state index contributed by atoms with van der Waals surface area (Å²) in [5.41, 5.74) is -0.389. The van der Waals surface area contributed by atoms with Gasteiger partial charge in [-0.1, -0.05) is 0 Å². The van der Waals surface area contributed by atoms with E-state index in [-0.39, 0.29) is 12.2 Å². The maximum Gasteiger partial charge on any atom is 0.183 e. The molecule has 0 amide bonds. The SMILES string of the molecule is Fc1cc(F)c(NCc2cc(Br)c(Br)o2)c(F)c1. The van der Waals surface area contributed by atoms with Gasteiger partial charge < -0.3 is 9.73 Å². The zero-order chi connectivity index (χ0) is 13.3. The lowest BCUT2D eigenvalue weighted by molar-refractivity contribution is 0.492. The van der Waals surface area contributed by atoms with Gasteiger partial charge in [0.2, 0.25) is 0 Å². The minimum absolute atomic E-state index is 0.0731. The lowest BCUT2D eigenvalue weighted by Gasteiger charge is -2.07. The van der Waals surface area contributed by atoms with E-state index in [0.717, 1.165) is 0 Å². The molecule has 0 saturated carbocycles. The third-order valence-electron chi connectivity index (χ3n) is 2.14. The van der Waals surface area contributed by atoms with Gasteiger partial charge >= 0.3 is 0 Å². The maximum atomic E-state index is 13.3. The molecule has 7 heteroatoms. The van der Waals surface area contributed by atoms with Crippen LogP contribution in [0.5, 0.6) is 0 Å². The fourth-order valence-corrected chi connectivity index (χ4v) is 2.02. The number of hydrogen-bond acceptors (Lipinski definition) is 2. The molecule has 0 bridgehead atoms. The van der Waals surface area contributed by atoms with Gasteiger partial charge in [-0.2, -0.15) is 0 Å². The second-order valence-electron chi connectivity index (χ2n) is 3.43. The molecule has 2 rings (SSSR count). The van der Waals surface area contributed by atoms with Crippen LogP contribution < -0.4 is 5.32 Å². The average Bonchev–Trinajstić information content (AvgIpc) is 2.56. The summed E-state index contributed by atoms with van der Waals surface area (Å²) in [7, 11) is 0. The summed E-state index contributed by atoms with van der Waals surface area (Å²) in [5, 5.41) is 2.51. The van der Waals surface area contributed by atoms with Crippen LogP contribution in [0.25, 0.3) is 0 Å². The predicted octanol–water partition coefficient (Wildman–Crippen LogP) is 4.83. The Morgan fingerprint density at radius 2 is 1.67 bits per heavy atom. The van der Waals surface area contributed by atoms with Gasteiger partial charge in [0.15, 0.2) is 16.3 Å². The van der Waals surface area contributed by atoms with E-state index in [1.807, 2.05) is 0 Å². The van der Waals surface area contributed by atoms with Crippen LogP contribution in [0.1, 0.15) is 5.76 Å². The van der Waals surface area contributed by atoms with Gasteiger partial charge in [-0.15, -0.1) is 0 Å². The van der Waals surface area contributed by atoms with Crippen molar-refractivity contribution < 1.29 is 17.6 Å². The molecule has 0 radical (unpaired) electrons. The number of nitrogens with one attached hydrogen (secondary N) is 1. The highest BCUT2D eigenvalue weighted by atomic mass is 79.9. The van der Waals surface area contributed by atoms with E-state index in [4.69, 9.17) is 4.42 Å². The summed E-state index contributed by atoms with van der Waals surface area (Å²) in [6.45, 7) is 0.0731. The highest BCUT2D eigenvalue weighted by Crippen LogP contribution is 2.28. The Hall–Kier alpha value is -0.950. The molecule has 0 unspecified atom stereocenters. The summed E-state index contributed by atoms with van der Waals surface area (Å²) < 4.78 is 45.7. The van der Waals surface area contributed by atoms with E-state index in [9.17, 15) is 13.2 Å². The van der Waals surface area contributed by atoms with Gasteiger partial charge in [-0.25, -0.2) is 13.2 Å². The fourth-order valence-electron chi connectivity index (χ4n) is 1.37. The molecular formula is C11H6Br2F3NO. The van der Waals surface area contributed by atoms with E-state index in [2.05, 4.69) is 37.2 Å². The van der Waals surface area contributed by atoms with Crippen LogP contribution in [-0.2, 0) is 6.54 Å². The molecule has 0 fully saturated rings. The van der Waals surface area contributed by atoms with Crippen LogP contribution in [0, 0.1) is 17.5 Å². The van der Waals surface area contributed by atoms with Crippen molar-refractivity contribution in [3.63, 3.8) is 0 Å². The van der Waals surface area contributed by atoms with E-state index in [0.29, 0.717) is 27.0 Å². The van der Waals surface area contributed by atoms with Crippen molar-refractivity contribution in [3.05, 3.63) is 50.6 Å². The van der Waals surface area contributed by atoms with Crippen LogP contribution in [-0.4, -0.2) is 0 Å². The molecule has 0 aliphatic heterocycles. The van der Waals surface area contributed by atoms with Crippen molar-refractivity contribution in [2.24, 2.45) is 0 Å². The Morgan fingerprint density at radius 1 is 1.06 bits per heavy atom. The van der Waals surface area contributed by atoms with E-state index < -0.39 is 17.5 Å². The predicted molar refractivity (Wildman–Crippen MR) is 67.8 cm³/mol. The van der Waals surface area contributed by atoms with Crippen LogP contribution >= 0.6 is 31.9 Å². The van der Waals surface area contributed by atoms with Gasteiger partial charge in [-0.05, 0) is 37.9 Å². The third kappa shape index (κ3) is 2.89. The van der Waals surface area contributed by atoms with Crippen molar-refractivity contribution in [2.45, 2.75) is 6.54 Å². The smallest absolute Gasteiger partial charge is 0.183 e. The van der Waals surface area contributed by atoms with Crippen LogP contribution in [0.2, 0.25) is 0 Å². The average molecular weight is 385 g/mol. The van der Waals surface area contributed by atoms with Crippen LogP contribution in [0.3, 0.4) is 0 Å². The molecule has 2 nitrogen and oxygen atoms in total. The van der Waals surface area contributed by atoms with E-state index >= 15 is 0 Å². The summed E-state index contributed by atoms with van der Waals surface area (Å²) in [5.74, 6) is -2.47. The maximum absolute atomic E-state index is 13.3. The van der Waals surface area contributed by atoms with Gasteiger partial charge in [0.1, 0.15) is 17.3 Å². The minimum Gasteiger partial charge on any atom is -0.451 e. The van der Waals surface area contributed by atoms with Crippen molar-refractivity contribution in [3.8, 4) is 0 Å². The molecule has 2 aromatic rings. The number of halogens is 5. The molecule has 0 aliphatic carbocycles. The fraction of sp³-hybridized carbons (Fsp3) is 0.0909. The first kappa shape index (κ1) is 13.5. The van der Waals surface area contributed by atoms with Gasteiger partial charge in [0.25, 0.3) is 0 Å². The monoisotopic (exact) mass is 383 g/mol. The van der Waals surface area contributed by atoms with Crippen molar-refractivity contribution in [1.82, 2.24) is 0 Å². The summed E-state index contributed by atoms with van der Waals surface area (Å²) >= 11 is 6.36. The molecular weight excluding hydrogens is 379 g/mol. The number of hydrogen-bond donors (Lipinski definition) is 1. The zero-order valence-corrected chi connectivity index (χ0v) is 11.9. The zero-order valence-electron chi connectivity index (χ0n) is 8.74. The molecule has 96 valence electrons. The van der Waals surface area contributed by atoms with Gasteiger partial charge in [0.05, 0.1) is 11.0 Å². The largest absolute Gasteiger partial charge is 0.451 e. The molecule has 1 aromatic carbocycles. The molecule has 0 saturated heterocycles. The van der Waals surface area contributed by atoms with E-state index in [1.54, 1.807) is 6.07 Å². The molecule has 1 N–H and O–H groups in total. The lowest BCUT2D eigenvalue weighted by atomic mass is 10.2. The number of furan rings is 1. The molecule has 18 heavy (non-hydrogen) atoms. The third-order valence-corrected chi connectivity index (χ3v) is 3.85. The standard InChI is InChI=1S/C11H6Br2F3NO/c12-7-3-6(18-11(7)13)4-17-10-8(15)1-5(14)2-9(10)16/h1-3,17H,4H2. The molecule has 0 aliphatic rings. The number of benzene rings is 1. The topological polar surface area (TPSA) is 25.2 Å². The highest BCUT2D eigenvalue weighted by molar-refractivity contribution is 9.13. The minimum atomic E-state index is -0.989. The van der Waals surface area contributed by atoms with Gasteiger partial charge in [-0.3, -0.25) is 0 Å². The quantitative estimate of drug-likeness (QED) is 0.819. The van der Waals surface area contributed by atoms with Crippen molar-refractivity contribution in [1.29, 1.82) is 0 Å². The number of anilines is 1. The second kappa shape index (κ2) is 5.36. The molecule has 0 atom stereocenters. The highest BCUT2D eigenvalue weighted by Gasteiger charge is 2.12. The van der Waals surface area contributed by atoms with Gasteiger partial charge in [0, 0.05) is 12.1 Å².